The van der Waals surface area contributed by atoms with Gasteiger partial charge < -0.3 is 19.8 Å². The molecule has 32 heavy (non-hydrogen) atoms. The Balaban J connectivity index is 2.09. The van der Waals surface area contributed by atoms with Gasteiger partial charge in [-0.1, -0.05) is 22.2 Å². The summed E-state index contributed by atoms with van der Waals surface area (Å²) in [6.45, 7) is 10.3. The predicted molar refractivity (Wildman–Crippen MR) is 121 cm³/mol. The normalized spacial score (nSPS) is 13.1. The molecule has 2 rings (SSSR count). The van der Waals surface area contributed by atoms with Crippen molar-refractivity contribution >= 4 is 48.5 Å². The summed E-state index contributed by atoms with van der Waals surface area (Å²) in [5.74, 6) is -1.20. The maximum atomic E-state index is 12.8. The number of allylic oxidation sites excluding steroid dienone is 2. The van der Waals surface area contributed by atoms with E-state index in [0.29, 0.717) is 17.7 Å². The highest BCUT2D eigenvalue weighted by Gasteiger charge is 2.41. The van der Waals surface area contributed by atoms with Gasteiger partial charge in [-0.2, -0.15) is 9.97 Å². The predicted octanol–water partition coefficient (Wildman–Crippen LogP) is 3.91. The number of carbonyl (C=O) groups excluding carboxylic acids is 2. The first-order valence-electron chi connectivity index (χ1n) is 9.85. The minimum Gasteiger partial charge on any atom is -0.384 e. The van der Waals surface area contributed by atoms with Gasteiger partial charge in [0.2, 0.25) is 5.95 Å². The number of hydrogen-bond donors (Lipinski definition) is 1. The lowest BCUT2D eigenvalue weighted by Crippen LogP contribution is -2.33. The average Bonchev–Trinajstić information content (AvgIpc) is 3.05. The SMILES string of the molecule is CC(C)(C)C(=O)OC(OC(=O)C(C)(C)C)[P+](=O)CC=CCn1cnc2c(Cl)nc(N)nc21. The molecule has 0 spiro atoms. The molecule has 2 N–H and O–H groups in total. The van der Waals surface area contributed by atoms with Crippen LogP contribution in [0.3, 0.4) is 0 Å². The summed E-state index contributed by atoms with van der Waals surface area (Å²) < 4.78 is 25.0. The van der Waals surface area contributed by atoms with Crippen molar-refractivity contribution in [3.63, 3.8) is 0 Å². The minimum atomic E-state index is -2.23. The lowest BCUT2D eigenvalue weighted by molar-refractivity contribution is -0.184. The second-order valence-electron chi connectivity index (χ2n) is 9.13. The fraction of sp³-hybridized carbons (Fsp3) is 0.550. The molecule has 0 saturated heterocycles. The van der Waals surface area contributed by atoms with Crippen LogP contribution >= 0.6 is 19.4 Å². The van der Waals surface area contributed by atoms with Crippen LogP contribution in [0, 0.1) is 10.8 Å². The molecule has 0 bridgehead atoms. The number of halogens is 1. The summed E-state index contributed by atoms with van der Waals surface area (Å²) in [4.78, 5) is 36.7. The summed E-state index contributed by atoms with van der Waals surface area (Å²) >= 11 is 6.01. The van der Waals surface area contributed by atoms with Crippen molar-refractivity contribution in [1.82, 2.24) is 19.5 Å². The monoisotopic (exact) mass is 484 g/mol. The fourth-order valence-electron chi connectivity index (χ4n) is 2.19. The van der Waals surface area contributed by atoms with E-state index in [-0.39, 0.29) is 17.3 Å². The highest BCUT2D eigenvalue weighted by molar-refractivity contribution is 7.45. The lowest BCUT2D eigenvalue weighted by atomic mass is 9.97. The van der Waals surface area contributed by atoms with Crippen molar-refractivity contribution in [2.75, 3.05) is 11.9 Å². The van der Waals surface area contributed by atoms with Crippen LogP contribution < -0.4 is 5.73 Å². The van der Waals surface area contributed by atoms with E-state index in [2.05, 4.69) is 15.0 Å². The van der Waals surface area contributed by atoms with Gasteiger partial charge in [0, 0.05) is 6.54 Å². The number of hydrogen-bond acceptors (Lipinski definition) is 9. The number of rotatable bonds is 7. The Morgan fingerprint density at radius 3 is 2.22 bits per heavy atom. The molecule has 174 valence electrons. The minimum absolute atomic E-state index is 0.0271. The van der Waals surface area contributed by atoms with Gasteiger partial charge >= 0.3 is 25.8 Å². The molecular formula is C20H28ClN5O5P+. The van der Waals surface area contributed by atoms with Crippen molar-refractivity contribution in [3.05, 3.63) is 23.6 Å². The van der Waals surface area contributed by atoms with E-state index in [1.165, 1.54) is 6.33 Å². The summed E-state index contributed by atoms with van der Waals surface area (Å²) in [5, 5.41) is 0.155. The molecule has 12 heteroatoms. The first-order valence-corrected chi connectivity index (χ1v) is 11.7. The number of esters is 2. The zero-order valence-electron chi connectivity index (χ0n) is 19.0. The van der Waals surface area contributed by atoms with Gasteiger partial charge in [0.05, 0.1) is 17.2 Å². The van der Waals surface area contributed by atoms with Crippen molar-refractivity contribution in [2.45, 2.75) is 54.1 Å². The molecule has 1 unspecified atom stereocenters. The van der Waals surface area contributed by atoms with E-state index in [4.69, 9.17) is 26.8 Å². The van der Waals surface area contributed by atoms with Gasteiger partial charge in [-0.3, -0.25) is 9.59 Å². The number of nitrogens with zero attached hydrogens (tertiary/aromatic N) is 4. The Hall–Kier alpha value is -2.58. The topological polar surface area (TPSA) is 139 Å². The van der Waals surface area contributed by atoms with Crippen LogP contribution in [-0.4, -0.2) is 43.7 Å². The van der Waals surface area contributed by atoms with E-state index in [1.807, 2.05) is 0 Å². The van der Waals surface area contributed by atoms with Crippen molar-refractivity contribution in [3.8, 4) is 0 Å². The zero-order valence-corrected chi connectivity index (χ0v) is 20.6. The van der Waals surface area contributed by atoms with Crippen LogP contribution in [0.15, 0.2) is 18.5 Å². The third kappa shape index (κ3) is 6.71. The standard InChI is InChI=1S/C20H28ClN5O5P/c1-19(2,3)15(27)30-18(31-16(28)20(4,5)6)32(29)10-8-7-9-26-11-23-12-13(21)24-17(22)25-14(12)26/h7-8,11,18H,9-10H2,1-6H3,(H2,22,24,25)/q+1. The molecule has 0 fully saturated rings. The summed E-state index contributed by atoms with van der Waals surface area (Å²) in [6.07, 6.45) is 4.93. The molecule has 0 aromatic carbocycles. The van der Waals surface area contributed by atoms with E-state index >= 15 is 0 Å². The Bertz CT molecular complexity index is 1030. The molecule has 10 nitrogen and oxygen atoms in total. The third-order valence-corrected chi connectivity index (χ3v) is 5.58. The Morgan fingerprint density at radius 1 is 1.12 bits per heavy atom. The van der Waals surface area contributed by atoms with Crippen molar-refractivity contribution in [1.29, 1.82) is 0 Å². The van der Waals surface area contributed by atoms with Crippen LogP contribution in [0.25, 0.3) is 11.2 Å². The zero-order chi connectivity index (χ0) is 24.3. The molecule has 0 amide bonds. The molecule has 2 aromatic heterocycles. The highest BCUT2D eigenvalue weighted by Crippen LogP contribution is 2.34. The molecule has 2 aromatic rings. The van der Waals surface area contributed by atoms with Gasteiger partial charge in [-0.15, -0.1) is 0 Å². The largest absolute Gasteiger partial charge is 0.451 e. The van der Waals surface area contributed by atoms with Gasteiger partial charge in [-0.05, 0) is 47.6 Å². The van der Waals surface area contributed by atoms with Gasteiger partial charge in [0.1, 0.15) is 5.52 Å². The number of ether oxygens (including phenoxy) is 2. The molecule has 1 atom stereocenters. The second kappa shape index (κ2) is 9.92. The third-order valence-electron chi connectivity index (χ3n) is 4.07. The van der Waals surface area contributed by atoms with Crippen molar-refractivity contribution in [2.24, 2.45) is 10.8 Å². The average molecular weight is 485 g/mol. The van der Waals surface area contributed by atoms with Crippen LogP contribution in [0.5, 0.6) is 0 Å². The second-order valence-corrected chi connectivity index (χ2v) is 11.1. The van der Waals surface area contributed by atoms with Crippen LogP contribution in [0.1, 0.15) is 41.5 Å². The number of nitrogen functional groups attached to an aromatic ring is 1. The van der Waals surface area contributed by atoms with Crippen LogP contribution in [0.2, 0.25) is 5.15 Å². The molecule has 0 saturated carbocycles. The smallest absolute Gasteiger partial charge is 0.384 e. The molecule has 2 heterocycles. The van der Waals surface area contributed by atoms with Gasteiger partial charge in [0.15, 0.2) is 17.0 Å². The fourth-order valence-corrected chi connectivity index (χ4v) is 3.37. The van der Waals surface area contributed by atoms with Gasteiger partial charge in [0.25, 0.3) is 0 Å². The maximum Gasteiger partial charge on any atom is 0.451 e. The Labute approximate surface area is 192 Å². The number of nitrogens with two attached hydrogens (primary N) is 1. The number of carbonyl (C=O) groups is 2. The quantitative estimate of drug-likeness (QED) is 0.203. The lowest BCUT2D eigenvalue weighted by Gasteiger charge is -2.21. The van der Waals surface area contributed by atoms with E-state index in [1.54, 1.807) is 58.3 Å². The summed E-state index contributed by atoms with van der Waals surface area (Å²) in [5.41, 5.74) is 4.84. The van der Waals surface area contributed by atoms with E-state index in [9.17, 15) is 14.2 Å². The first-order chi connectivity index (χ1) is 14.7. The highest BCUT2D eigenvalue weighted by atomic mass is 35.5. The maximum absolute atomic E-state index is 12.8. The Morgan fingerprint density at radius 2 is 1.69 bits per heavy atom. The molecule has 0 aliphatic heterocycles. The van der Waals surface area contributed by atoms with Crippen molar-refractivity contribution < 1.29 is 23.6 Å². The molecular weight excluding hydrogens is 457 g/mol. The Kier molecular flexibility index (Phi) is 7.96. The van der Waals surface area contributed by atoms with Crippen LogP contribution in [-0.2, 0) is 30.2 Å². The molecule has 0 radical (unpaired) electrons. The van der Waals surface area contributed by atoms with Gasteiger partial charge in [-0.25, -0.2) is 4.98 Å². The first kappa shape index (κ1) is 25.7. The number of aromatic nitrogens is 4. The van der Waals surface area contributed by atoms with E-state index in [0.717, 1.165) is 0 Å². The molecule has 0 aliphatic rings. The molecule has 0 aliphatic carbocycles. The van der Waals surface area contributed by atoms with E-state index < -0.39 is 36.6 Å². The number of fused-ring (bicyclic) bond motifs is 1. The number of imidazole rings is 1. The number of anilines is 1. The summed E-state index contributed by atoms with van der Waals surface area (Å²) in [7, 11) is -2.23. The summed E-state index contributed by atoms with van der Waals surface area (Å²) in [6, 6.07) is -1.48. The van der Waals surface area contributed by atoms with Crippen LogP contribution in [0.4, 0.5) is 5.95 Å².